The lowest BCUT2D eigenvalue weighted by molar-refractivity contribution is -0.385. The van der Waals surface area contributed by atoms with Gasteiger partial charge in [-0.1, -0.05) is 0 Å². The van der Waals surface area contributed by atoms with Crippen molar-refractivity contribution in [1.82, 2.24) is 9.78 Å². The predicted octanol–water partition coefficient (Wildman–Crippen LogP) is 1.61. The molecule has 1 heterocycles. The minimum atomic E-state index is -1.18. The normalized spacial score (nSPS) is 10.2. The monoisotopic (exact) mass is 277 g/mol. The maximum absolute atomic E-state index is 10.9. The van der Waals surface area contributed by atoms with E-state index in [9.17, 15) is 14.9 Å². The lowest BCUT2D eigenvalue weighted by Gasteiger charge is -2.06. The SMILES string of the molecule is Cn1ccc(COc2cc(C(=O)O)ccc2[N+](=O)[O-])n1. The van der Waals surface area contributed by atoms with Gasteiger partial charge in [0.15, 0.2) is 5.75 Å². The van der Waals surface area contributed by atoms with E-state index in [1.165, 1.54) is 0 Å². The van der Waals surface area contributed by atoms with Crippen molar-refractivity contribution in [2.45, 2.75) is 6.61 Å². The molecule has 0 atom stereocenters. The molecule has 0 aliphatic rings. The highest BCUT2D eigenvalue weighted by Crippen LogP contribution is 2.28. The van der Waals surface area contributed by atoms with Gasteiger partial charge in [-0.05, 0) is 12.1 Å². The molecule has 1 N–H and O–H groups in total. The fraction of sp³-hybridized carbons (Fsp3) is 0.167. The number of hydrogen-bond acceptors (Lipinski definition) is 5. The average molecular weight is 277 g/mol. The van der Waals surface area contributed by atoms with Crippen molar-refractivity contribution in [2.24, 2.45) is 7.05 Å². The number of carboxylic acids is 1. The van der Waals surface area contributed by atoms with Gasteiger partial charge in [-0.25, -0.2) is 4.79 Å². The van der Waals surface area contributed by atoms with E-state index in [4.69, 9.17) is 9.84 Å². The van der Waals surface area contributed by atoms with Crippen LogP contribution in [-0.4, -0.2) is 25.8 Å². The number of carboxylic acid groups (broad SMARTS) is 1. The van der Waals surface area contributed by atoms with Crippen LogP contribution in [0.2, 0.25) is 0 Å². The second-order valence-electron chi connectivity index (χ2n) is 4.01. The number of nitro groups is 1. The van der Waals surface area contributed by atoms with Gasteiger partial charge in [0.25, 0.3) is 0 Å². The number of ether oxygens (including phenoxy) is 1. The Labute approximate surface area is 113 Å². The Kier molecular flexibility index (Phi) is 3.65. The first-order chi connectivity index (χ1) is 9.47. The quantitative estimate of drug-likeness (QED) is 0.657. The lowest BCUT2D eigenvalue weighted by atomic mass is 10.2. The van der Waals surface area contributed by atoms with Crippen LogP contribution in [0.25, 0.3) is 0 Å². The minimum absolute atomic E-state index is 0.0186. The van der Waals surface area contributed by atoms with E-state index in [0.29, 0.717) is 5.69 Å². The van der Waals surface area contributed by atoms with Crippen LogP contribution in [0.3, 0.4) is 0 Å². The number of benzene rings is 1. The summed E-state index contributed by atoms with van der Waals surface area (Å²) in [5, 5.41) is 23.8. The van der Waals surface area contributed by atoms with Gasteiger partial charge in [0, 0.05) is 25.4 Å². The maximum atomic E-state index is 10.9. The molecule has 1 aromatic carbocycles. The summed E-state index contributed by atoms with van der Waals surface area (Å²) in [5.74, 6) is -1.27. The zero-order valence-corrected chi connectivity index (χ0v) is 10.5. The Morgan fingerprint density at radius 2 is 2.25 bits per heavy atom. The molecular formula is C12H11N3O5. The highest BCUT2D eigenvalue weighted by molar-refractivity contribution is 5.88. The Balaban J connectivity index is 2.25. The van der Waals surface area contributed by atoms with Crippen LogP contribution in [0.15, 0.2) is 30.5 Å². The summed E-state index contributed by atoms with van der Waals surface area (Å²) >= 11 is 0. The average Bonchev–Trinajstić information content (AvgIpc) is 2.81. The third-order valence-corrected chi connectivity index (χ3v) is 2.55. The third-order valence-electron chi connectivity index (χ3n) is 2.55. The summed E-state index contributed by atoms with van der Waals surface area (Å²) in [7, 11) is 1.73. The molecule has 0 amide bonds. The fourth-order valence-corrected chi connectivity index (χ4v) is 1.61. The van der Waals surface area contributed by atoms with Crippen molar-refractivity contribution in [3.05, 3.63) is 51.8 Å². The van der Waals surface area contributed by atoms with E-state index in [0.717, 1.165) is 18.2 Å². The number of aromatic nitrogens is 2. The summed E-state index contributed by atoms with van der Waals surface area (Å²) in [5.41, 5.74) is 0.222. The number of hydrogen-bond donors (Lipinski definition) is 1. The first kappa shape index (κ1) is 13.5. The largest absolute Gasteiger partial charge is 0.480 e. The van der Waals surface area contributed by atoms with Gasteiger partial charge in [-0.2, -0.15) is 5.10 Å². The van der Waals surface area contributed by atoms with E-state index in [1.807, 2.05) is 0 Å². The van der Waals surface area contributed by atoms with Crippen LogP contribution in [0.4, 0.5) is 5.69 Å². The van der Waals surface area contributed by atoms with E-state index in [-0.39, 0.29) is 23.6 Å². The highest BCUT2D eigenvalue weighted by Gasteiger charge is 2.18. The van der Waals surface area contributed by atoms with Crippen molar-refractivity contribution in [1.29, 1.82) is 0 Å². The Hall–Kier alpha value is -2.90. The second kappa shape index (κ2) is 5.39. The number of rotatable bonds is 5. The van der Waals surface area contributed by atoms with Gasteiger partial charge >= 0.3 is 11.7 Å². The van der Waals surface area contributed by atoms with Crippen molar-refractivity contribution in [3.63, 3.8) is 0 Å². The van der Waals surface area contributed by atoms with Crippen LogP contribution >= 0.6 is 0 Å². The standard InChI is InChI=1S/C12H11N3O5/c1-14-5-4-9(13-14)7-20-11-6-8(12(16)17)2-3-10(11)15(18)19/h2-6H,7H2,1H3,(H,16,17). The number of aromatic carboxylic acids is 1. The number of carbonyl (C=O) groups is 1. The molecule has 8 heteroatoms. The van der Waals surface area contributed by atoms with Crippen LogP contribution in [0, 0.1) is 10.1 Å². The van der Waals surface area contributed by atoms with E-state index < -0.39 is 10.9 Å². The number of aryl methyl sites for hydroxylation is 1. The first-order valence-corrected chi connectivity index (χ1v) is 5.60. The summed E-state index contributed by atoms with van der Waals surface area (Å²) in [6.07, 6.45) is 1.71. The molecular weight excluding hydrogens is 266 g/mol. The van der Waals surface area contributed by atoms with Gasteiger partial charge < -0.3 is 9.84 Å². The molecule has 0 saturated heterocycles. The topological polar surface area (TPSA) is 107 Å². The molecule has 8 nitrogen and oxygen atoms in total. The van der Waals surface area contributed by atoms with Crippen LogP contribution in [0.5, 0.6) is 5.75 Å². The minimum Gasteiger partial charge on any atom is -0.480 e. The molecule has 20 heavy (non-hydrogen) atoms. The van der Waals surface area contributed by atoms with Gasteiger partial charge in [0.05, 0.1) is 16.2 Å². The molecule has 2 rings (SSSR count). The van der Waals surface area contributed by atoms with Crippen molar-refractivity contribution >= 4 is 11.7 Å². The van der Waals surface area contributed by atoms with E-state index in [1.54, 1.807) is 24.0 Å². The molecule has 2 aromatic rings. The van der Waals surface area contributed by atoms with Gasteiger partial charge in [0.2, 0.25) is 0 Å². The molecule has 0 spiro atoms. The maximum Gasteiger partial charge on any atom is 0.335 e. The highest BCUT2D eigenvalue weighted by atomic mass is 16.6. The summed E-state index contributed by atoms with van der Waals surface area (Å²) in [4.78, 5) is 21.1. The van der Waals surface area contributed by atoms with Crippen molar-refractivity contribution in [3.8, 4) is 5.75 Å². The van der Waals surface area contributed by atoms with Crippen LogP contribution < -0.4 is 4.74 Å². The van der Waals surface area contributed by atoms with Gasteiger partial charge in [0.1, 0.15) is 6.61 Å². The third kappa shape index (κ3) is 2.91. The Bertz CT molecular complexity index is 665. The molecule has 1 aromatic heterocycles. The zero-order chi connectivity index (χ0) is 14.7. The summed E-state index contributed by atoms with van der Waals surface area (Å²) in [6.45, 7) is 0.0186. The smallest absolute Gasteiger partial charge is 0.335 e. The first-order valence-electron chi connectivity index (χ1n) is 5.60. The molecule has 0 aliphatic carbocycles. The van der Waals surface area contributed by atoms with Gasteiger partial charge in [-0.3, -0.25) is 14.8 Å². The van der Waals surface area contributed by atoms with E-state index >= 15 is 0 Å². The molecule has 0 radical (unpaired) electrons. The van der Waals surface area contributed by atoms with Crippen molar-refractivity contribution in [2.75, 3.05) is 0 Å². The Morgan fingerprint density at radius 1 is 1.50 bits per heavy atom. The molecule has 0 aliphatic heterocycles. The number of nitrogens with zero attached hydrogens (tertiary/aromatic N) is 3. The van der Waals surface area contributed by atoms with Gasteiger partial charge in [-0.15, -0.1) is 0 Å². The second-order valence-corrected chi connectivity index (χ2v) is 4.01. The zero-order valence-electron chi connectivity index (χ0n) is 10.5. The fourth-order valence-electron chi connectivity index (χ4n) is 1.61. The van der Waals surface area contributed by atoms with E-state index in [2.05, 4.69) is 5.10 Å². The van der Waals surface area contributed by atoms with Crippen LogP contribution in [-0.2, 0) is 13.7 Å². The molecule has 0 saturated carbocycles. The number of nitro benzene ring substituents is 1. The molecule has 104 valence electrons. The predicted molar refractivity (Wildman–Crippen MR) is 67.6 cm³/mol. The molecule has 0 bridgehead atoms. The summed E-state index contributed by atoms with van der Waals surface area (Å²) < 4.78 is 6.88. The lowest BCUT2D eigenvalue weighted by Crippen LogP contribution is -2.03. The summed E-state index contributed by atoms with van der Waals surface area (Å²) in [6, 6.07) is 5.10. The van der Waals surface area contributed by atoms with Crippen LogP contribution in [0.1, 0.15) is 16.1 Å². The molecule has 0 unspecified atom stereocenters. The Morgan fingerprint density at radius 3 is 2.80 bits per heavy atom. The molecule has 0 fully saturated rings. The van der Waals surface area contributed by atoms with Crippen molar-refractivity contribution < 1.29 is 19.6 Å².